The first-order valence-corrected chi connectivity index (χ1v) is 7.80. The molecule has 3 fully saturated rings. The summed E-state index contributed by atoms with van der Waals surface area (Å²) >= 11 is 0.641. The molecule has 5 unspecified atom stereocenters. The lowest BCUT2D eigenvalue weighted by Gasteiger charge is -2.22. The molecule has 11 heteroatoms. The molecule has 0 amide bonds. The molecular formula is C12H13O10S-. The van der Waals surface area contributed by atoms with Gasteiger partial charge in [-0.2, -0.15) is 4.33 Å². The molecule has 3 saturated heterocycles. The third-order valence-corrected chi connectivity index (χ3v) is 4.39. The number of carbonyl (C=O) groups excluding carboxylic acids is 3. The van der Waals surface area contributed by atoms with E-state index in [4.69, 9.17) is 18.9 Å². The van der Waals surface area contributed by atoms with Crippen molar-refractivity contribution < 1.29 is 48.0 Å². The predicted octanol–water partition coefficient (Wildman–Crippen LogP) is -1.58. The summed E-state index contributed by atoms with van der Waals surface area (Å²) in [5.41, 5.74) is 0. The van der Waals surface area contributed by atoms with Crippen LogP contribution in [-0.2, 0) is 42.7 Å². The van der Waals surface area contributed by atoms with Crippen molar-refractivity contribution in [1.29, 1.82) is 0 Å². The highest BCUT2D eigenvalue weighted by Gasteiger charge is 2.65. The van der Waals surface area contributed by atoms with Crippen LogP contribution in [0, 0.1) is 5.92 Å². The Bertz CT molecular complexity index is 496. The van der Waals surface area contributed by atoms with E-state index in [0.29, 0.717) is 18.5 Å². The molecule has 128 valence electrons. The minimum Gasteiger partial charge on any atom is -0.691 e. The highest BCUT2D eigenvalue weighted by atomic mass is 32.2. The van der Waals surface area contributed by atoms with Gasteiger partial charge in [0, 0.05) is 17.8 Å². The molecule has 10 nitrogen and oxygen atoms in total. The molecule has 2 bridgehead atoms. The van der Waals surface area contributed by atoms with Crippen molar-refractivity contribution in [1.82, 2.24) is 0 Å². The topological polar surface area (TPSA) is 130 Å². The number of rotatable bonds is 8. The van der Waals surface area contributed by atoms with Crippen LogP contribution in [-0.4, -0.2) is 54.7 Å². The van der Waals surface area contributed by atoms with Crippen molar-refractivity contribution in [3.05, 3.63) is 0 Å². The zero-order chi connectivity index (χ0) is 16.4. The van der Waals surface area contributed by atoms with Crippen LogP contribution in [0.1, 0.15) is 12.8 Å². The summed E-state index contributed by atoms with van der Waals surface area (Å²) in [5, 5.41) is 12.6. The first-order valence-electron chi connectivity index (χ1n) is 6.89. The molecule has 3 rings (SSSR count). The Hall–Kier alpha value is -1.40. The standard InChI is InChI=1S/C12H14O10S/c13-7(1-2-23-22-21-16)17-4-8(14)19-10-6-3-5-9(18-6)11(10)20-12(5)15/h5-6,9-11,16H,1-4H2/p-1. The summed E-state index contributed by atoms with van der Waals surface area (Å²) in [5.74, 6) is -1.86. The Kier molecular flexibility index (Phi) is 5.02. The lowest BCUT2D eigenvalue weighted by atomic mass is 9.88. The van der Waals surface area contributed by atoms with Crippen LogP contribution in [0.4, 0.5) is 0 Å². The fourth-order valence-corrected chi connectivity index (χ4v) is 3.32. The molecule has 0 aromatic carbocycles. The van der Waals surface area contributed by atoms with Gasteiger partial charge in [-0.15, -0.1) is 0 Å². The Morgan fingerprint density at radius 1 is 1.30 bits per heavy atom. The van der Waals surface area contributed by atoms with Crippen LogP contribution in [0.3, 0.4) is 0 Å². The Labute approximate surface area is 134 Å². The normalized spacial score (nSPS) is 33.6. The van der Waals surface area contributed by atoms with Crippen molar-refractivity contribution in [3.63, 3.8) is 0 Å². The van der Waals surface area contributed by atoms with E-state index >= 15 is 0 Å². The maximum atomic E-state index is 11.7. The molecule has 3 aliphatic heterocycles. The molecule has 0 aliphatic carbocycles. The Balaban J connectivity index is 1.37. The summed E-state index contributed by atoms with van der Waals surface area (Å²) in [6.45, 7) is -0.555. The maximum absolute atomic E-state index is 11.7. The number of esters is 3. The van der Waals surface area contributed by atoms with Gasteiger partial charge in [0.05, 0.1) is 18.4 Å². The van der Waals surface area contributed by atoms with E-state index in [1.165, 1.54) is 0 Å². The molecule has 23 heavy (non-hydrogen) atoms. The van der Waals surface area contributed by atoms with Gasteiger partial charge < -0.3 is 24.2 Å². The molecule has 5 atom stereocenters. The first kappa shape index (κ1) is 16.5. The summed E-state index contributed by atoms with van der Waals surface area (Å²) < 4.78 is 24.6. The van der Waals surface area contributed by atoms with Crippen molar-refractivity contribution in [2.45, 2.75) is 37.3 Å². The van der Waals surface area contributed by atoms with Crippen molar-refractivity contribution in [2.75, 3.05) is 12.4 Å². The van der Waals surface area contributed by atoms with E-state index < -0.39 is 30.8 Å². The van der Waals surface area contributed by atoms with Gasteiger partial charge in [0.2, 0.25) is 0 Å². The van der Waals surface area contributed by atoms with Crippen LogP contribution in [0.2, 0.25) is 0 Å². The maximum Gasteiger partial charge on any atom is 0.344 e. The monoisotopic (exact) mass is 349 g/mol. The van der Waals surface area contributed by atoms with Gasteiger partial charge in [-0.25, -0.2) is 4.79 Å². The smallest absolute Gasteiger partial charge is 0.344 e. The summed E-state index contributed by atoms with van der Waals surface area (Å²) in [7, 11) is 0. The fourth-order valence-electron chi connectivity index (χ4n) is 2.96. The molecule has 3 heterocycles. The quantitative estimate of drug-likeness (QED) is 0.126. The fraction of sp³-hybridized carbons (Fsp3) is 0.750. The van der Waals surface area contributed by atoms with Crippen LogP contribution < -0.4 is 5.26 Å². The first-order chi connectivity index (χ1) is 11.1. The van der Waals surface area contributed by atoms with Crippen LogP contribution in [0.5, 0.6) is 0 Å². The molecule has 0 N–H and O–H groups in total. The van der Waals surface area contributed by atoms with Crippen LogP contribution in [0.15, 0.2) is 0 Å². The lowest BCUT2D eigenvalue weighted by molar-refractivity contribution is -0.777. The van der Waals surface area contributed by atoms with E-state index in [0.717, 1.165) is 0 Å². The van der Waals surface area contributed by atoms with Gasteiger partial charge in [0.25, 0.3) is 0 Å². The molecule has 0 radical (unpaired) electrons. The predicted molar refractivity (Wildman–Crippen MR) is 66.7 cm³/mol. The molecule has 0 aromatic rings. The van der Waals surface area contributed by atoms with Gasteiger partial charge in [0.1, 0.15) is 6.10 Å². The zero-order valence-electron chi connectivity index (χ0n) is 11.7. The number of ether oxygens (including phenoxy) is 4. The Morgan fingerprint density at radius 2 is 2.13 bits per heavy atom. The van der Waals surface area contributed by atoms with Crippen LogP contribution >= 0.6 is 12.0 Å². The summed E-state index contributed by atoms with van der Waals surface area (Å²) in [6.07, 6.45) is -1.55. The average molecular weight is 349 g/mol. The van der Waals surface area contributed by atoms with E-state index in [9.17, 15) is 19.6 Å². The minimum atomic E-state index is -0.745. The van der Waals surface area contributed by atoms with Gasteiger partial charge in [0.15, 0.2) is 18.8 Å². The van der Waals surface area contributed by atoms with Gasteiger partial charge in [-0.05, 0) is 6.42 Å². The highest BCUT2D eigenvalue weighted by molar-refractivity contribution is 7.94. The summed E-state index contributed by atoms with van der Waals surface area (Å²) in [4.78, 5) is 34.6. The van der Waals surface area contributed by atoms with Gasteiger partial charge in [-0.1, -0.05) is 0 Å². The zero-order valence-corrected chi connectivity index (χ0v) is 12.5. The van der Waals surface area contributed by atoms with Crippen molar-refractivity contribution >= 4 is 30.0 Å². The molecule has 3 aliphatic rings. The molecular weight excluding hydrogens is 336 g/mol. The summed E-state index contributed by atoms with van der Waals surface area (Å²) in [6, 6.07) is 0. The van der Waals surface area contributed by atoms with E-state index in [1.54, 1.807) is 0 Å². The highest BCUT2D eigenvalue weighted by Crippen LogP contribution is 2.47. The number of hydrogen-bond acceptors (Lipinski definition) is 11. The lowest BCUT2D eigenvalue weighted by Crippen LogP contribution is -2.40. The Morgan fingerprint density at radius 3 is 2.91 bits per heavy atom. The number of fused-ring (bicyclic) bond motifs is 1. The third-order valence-electron chi connectivity index (χ3n) is 3.87. The molecule has 0 spiro atoms. The van der Waals surface area contributed by atoms with Gasteiger partial charge >= 0.3 is 17.9 Å². The van der Waals surface area contributed by atoms with Crippen molar-refractivity contribution in [2.24, 2.45) is 5.92 Å². The van der Waals surface area contributed by atoms with E-state index in [1.807, 2.05) is 0 Å². The average Bonchev–Trinajstić information content (AvgIpc) is 3.14. The van der Waals surface area contributed by atoms with Crippen LogP contribution in [0.25, 0.3) is 0 Å². The molecule has 0 aromatic heterocycles. The SMILES string of the molecule is O=C(CCSOO[O-])OCC(=O)OC1C2CC3C(=O)OC1C3O2. The minimum absolute atomic E-state index is 0.0690. The second-order valence-electron chi connectivity index (χ2n) is 5.21. The van der Waals surface area contributed by atoms with E-state index in [2.05, 4.69) is 9.37 Å². The van der Waals surface area contributed by atoms with Crippen molar-refractivity contribution in [3.8, 4) is 0 Å². The number of hydrogen-bond donors (Lipinski definition) is 0. The second kappa shape index (κ2) is 7.01. The van der Waals surface area contributed by atoms with E-state index in [-0.39, 0.29) is 36.3 Å². The van der Waals surface area contributed by atoms with Gasteiger partial charge in [-0.3, -0.25) is 14.6 Å². The number of carbonyl (C=O) groups is 3. The molecule has 0 saturated carbocycles. The third kappa shape index (κ3) is 3.43. The largest absolute Gasteiger partial charge is 0.691 e. The second-order valence-corrected chi connectivity index (χ2v) is 5.99.